The van der Waals surface area contributed by atoms with Crippen LogP contribution in [0.1, 0.15) is 59.7 Å². The molecule has 24 nitrogen and oxygen atoms in total. The molecule has 0 spiro atoms. The van der Waals surface area contributed by atoms with Crippen LogP contribution in [0.15, 0.2) is 210 Å². The zero-order valence-corrected chi connectivity index (χ0v) is 50.1. The molecule has 5 aromatic carbocycles. The van der Waals surface area contributed by atoms with Gasteiger partial charge in [-0.1, -0.05) is 81.8 Å². The van der Waals surface area contributed by atoms with Gasteiger partial charge in [0.25, 0.3) is 11.8 Å². The quantitative estimate of drug-likeness (QED) is 0.0600. The molecule has 8 aromatic heterocycles. The van der Waals surface area contributed by atoms with Crippen LogP contribution in [-0.2, 0) is 4.74 Å². The lowest BCUT2D eigenvalue weighted by Crippen LogP contribution is -2.27. The van der Waals surface area contributed by atoms with Gasteiger partial charge in [-0.2, -0.15) is 45.5 Å². The summed E-state index contributed by atoms with van der Waals surface area (Å²) in [5.74, 6) is -1.38. The maximum absolute atomic E-state index is 12.5. The number of nitrogens with one attached hydrogen (secondary N) is 7. The van der Waals surface area contributed by atoms with Gasteiger partial charge in [-0.3, -0.25) is 14.7 Å². The predicted molar refractivity (Wildman–Crippen MR) is 351 cm³/mol. The van der Waals surface area contributed by atoms with E-state index in [1.54, 1.807) is 61.2 Å². The molecule has 2 amide bonds. The van der Waals surface area contributed by atoms with E-state index in [-0.39, 0.29) is 24.9 Å². The number of aromatic amines is 4. The Morgan fingerprint density at radius 3 is 1.49 bits per heavy atom. The number of aromatic nitrogens is 13. The second-order valence-electron chi connectivity index (χ2n) is 19.9. The van der Waals surface area contributed by atoms with Crippen molar-refractivity contribution in [2.45, 2.75) is 33.8 Å². The fourth-order valence-electron chi connectivity index (χ4n) is 8.07. The van der Waals surface area contributed by atoms with E-state index in [0.717, 1.165) is 75.3 Å². The van der Waals surface area contributed by atoms with Gasteiger partial charge in [-0.15, -0.1) is 0 Å². The number of carboxylic acids is 1. The van der Waals surface area contributed by atoms with Gasteiger partial charge < -0.3 is 52.2 Å². The number of hydrogen-bond acceptors (Lipinski definition) is 16. The van der Waals surface area contributed by atoms with Crippen LogP contribution >= 0.6 is 31.9 Å². The lowest BCUT2D eigenvalue weighted by Gasteiger charge is -2.18. The minimum absolute atomic E-state index is 0. The van der Waals surface area contributed by atoms with Crippen LogP contribution in [0, 0.1) is 0 Å². The Kier molecular flexibility index (Phi) is 21.2. The van der Waals surface area contributed by atoms with E-state index in [4.69, 9.17) is 21.3 Å². The van der Waals surface area contributed by atoms with Crippen molar-refractivity contribution < 1.29 is 29.0 Å². The normalized spacial score (nSPS) is 10.5. The van der Waals surface area contributed by atoms with Crippen LogP contribution < -0.4 is 27.4 Å². The number of hydrogen-bond donors (Lipinski definition) is 10. The van der Waals surface area contributed by atoms with Gasteiger partial charge in [0.05, 0.1) is 66.6 Å². The molecule has 0 atom stereocenters. The topological polar surface area (TPSA) is 357 Å². The third-order valence-electron chi connectivity index (χ3n) is 12.2. The van der Waals surface area contributed by atoms with Gasteiger partial charge in [-0.25, -0.2) is 9.59 Å². The van der Waals surface area contributed by atoms with Crippen LogP contribution in [-0.4, -0.2) is 100 Å². The summed E-state index contributed by atoms with van der Waals surface area (Å²) in [7, 11) is 0. The van der Waals surface area contributed by atoms with Crippen molar-refractivity contribution in [3.8, 4) is 22.3 Å². The van der Waals surface area contributed by atoms with Crippen molar-refractivity contribution in [3.05, 3.63) is 228 Å². The molecule has 13 aromatic rings. The third-order valence-corrected chi connectivity index (χ3v) is 13.2. The van der Waals surface area contributed by atoms with E-state index in [2.05, 4.69) is 109 Å². The van der Waals surface area contributed by atoms with Crippen LogP contribution in [0.5, 0.6) is 0 Å². The summed E-state index contributed by atoms with van der Waals surface area (Å²) in [5.41, 5.74) is 22.5. The molecule has 0 aliphatic rings. The summed E-state index contributed by atoms with van der Waals surface area (Å²) < 4.78 is 8.32. The van der Waals surface area contributed by atoms with E-state index in [9.17, 15) is 19.2 Å². The summed E-state index contributed by atoms with van der Waals surface area (Å²) in [6.07, 6.45) is 15.5. The molecule has 0 saturated heterocycles. The number of nitrogens with zero attached hydrogens (tertiary/aromatic N) is 9. The summed E-state index contributed by atoms with van der Waals surface area (Å²) in [4.78, 5) is 56.0. The summed E-state index contributed by atoms with van der Waals surface area (Å²) in [6, 6.07) is 43.1. The van der Waals surface area contributed by atoms with E-state index in [1.807, 2.05) is 130 Å². The highest BCUT2D eigenvalue weighted by molar-refractivity contribution is 9.10. The standard InChI is InChI=1S/C22H17N7O.C14H17N3O2.C13H9BrN4O.C9H6BrNO2.C4H5N3.CH4/c30-22(28-19-7-8-23-26-13-19)21-9-15-3-6-18(10-20(15)29-21)27-17-4-1-14(2-5-17)16-11-24-25-12-16;1-14(2,3)19-13(18)17-9-11(8-16-17)10-4-6-12(15)7-5-10;14-9-2-1-8-5-12(18-11(8)6-9)13(19)17-10-3-4-15-16-7-10;10-6-2-1-5-3-8(9(12)13)11-7(5)4-6;5-4-1-2-6-7-3-4;/h1-13,27,29H,(H,24,25)(H,23,28,30);4-9H,15H2,1-3H3;1-7,18H,(H,15,17,19);1-4,11H,(H,12,13);1-3H,(H2,5,6);1H4. The van der Waals surface area contributed by atoms with E-state index in [1.165, 1.54) is 35.7 Å². The molecule has 12 N–H and O–H groups in total. The Balaban J connectivity index is 0.000000153. The van der Waals surface area contributed by atoms with Gasteiger partial charge in [0.15, 0.2) is 0 Å². The number of rotatable bonds is 9. The van der Waals surface area contributed by atoms with Crippen LogP contribution in [0.25, 0.3) is 55.0 Å². The number of ether oxygens (including phenoxy) is 1. The van der Waals surface area contributed by atoms with Crippen molar-refractivity contribution in [2.24, 2.45) is 0 Å². The number of carbonyl (C=O) groups is 4. The SMILES string of the molecule is C.CC(C)(C)OC(=O)n1cc(-c2ccc(N)cc2)cn1.Nc1ccnnc1.O=C(Nc1ccnnc1)c1cc2ccc(Br)cc2[nH]1.O=C(Nc1ccnnc1)c1cc2ccc(Nc3ccc(-c4cn[nH]c4)cc3)cc2[nH]1.O=C(O)c1cc2ccc(Br)cc2[nH]1. The maximum atomic E-state index is 12.5. The molecule has 0 aliphatic carbocycles. The zero-order chi connectivity index (χ0) is 62.2. The molecule has 0 fully saturated rings. The molecule has 450 valence electrons. The number of fused-ring (bicyclic) bond motifs is 3. The molecule has 8 heterocycles. The van der Waals surface area contributed by atoms with Crippen LogP contribution in [0.2, 0.25) is 0 Å². The second-order valence-corrected chi connectivity index (χ2v) is 21.8. The number of anilines is 6. The number of carboxylic acid groups (broad SMARTS) is 1. The van der Waals surface area contributed by atoms with Gasteiger partial charge >= 0.3 is 12.1 Å². The highest BCUT2D eigenvalue weighted by Gasteiger charge is 2.19. The Labute approximate surface area is 525 Å². The fraction of sp³-hybridized carbons (Fsp3) is 0.0794. The number of carbonyl (C=O) groups excluding carboxylic acids is 3. The molecule has 0 aliphatic heterocycles. The highest BCUT2D eigenvalue weighted by Crippen LogP contribution is 2.27. The number of aromatic carboxylic acids is 1. The molecular formula is C63H58Br2N18O6. The number of H-pyrrole nitrogens is 4. The smallest absolute Gasteiger partial charge is 0.435 e. The van der Waals surface area contributed by atoms with Crippen molar-refractivity contribution in [3.63, 3.8) is 0 Å². The third kappa shape index (κ3) is 18.3. The van der Waals surface area contributed by atoms with Gasteiger partial charge in [-0.05, 0) is 129 Å². The van der Waals surface area contributed by atoms with Crippen molar-refractivity contribution in [1.29, 1.82) is 0 Å². The van der Waals surface area contributed by atoms with Gasteiger partial charge in [0.1, 0.15) is 22.7 Å². The Hall–Kier alpha value is -11.4. The average Bonchev–Trinajstić information content (AvgIpc) is 2.92. The van der Waals surface area contributed by atoms with Gasteiger partial charge in [0, 0.05) is 82.2 Å². The summed E-state index contributed by atoms with van der Waals surface area (Å²) >= 11 is 6.71. The Morgan fingerprint density at radius 1 is 0.517 bits per heavy atom. The first-order valence-electron chi connectivity index (χ1n) is 26.5. The van der Waals surface area contributed by atoms with Crippen molar-refractivity contribution in [1.82, 2.24) is 65.5 Å². The number of amides is 2. The molecular weight excluding hydrogens is 1260 g/mol. The van der Waals surface area contributed by atoms with Gasteiger partial charge in [0.2, 0.25) is 0 Å². The monoisotopic (exact) mass is 1320 g/mol. The van der Waals surface area contributed by atoms with Crippen molar-refractivity contribution in [2.75, 3.05) is 27.4 Å². The first-order chi connectivity index (χ1) is 42.4. The lowest BCUT2D eigenvalue weighted by atomic mass is 10.1. The number of benzene rings is 5. The van der Waals surface area contributed by atoms with E-state index >= 15 is 0 Å². The number of halogens is 2. The van der Waals surface area contributed by atoms with Crippen LogP contribution in [0.3, 0.4) is 0 Å². The summed E-state index contributed by atoms with van der Waals surface area (Å²) in [6.45, 7) is 5.44. The molecule has 0 saturated carbocycles. The minimum atomic E-state index is -0.938. The molecule has 13 rings (SSSR count). The zero-order valence-electron chi connectivity index (χ0n) is 47.0. The van der Waals surface area contributed by atoms with E-state index < -0.39 is 17.7 Å². The number of nitrogen functional groups attached to an aromatic ring is 2. The fourth-order valence-corrected chi connectivity index (χ4v) is 8.79. The highest BCUT2D eigenvalue weighted by atomic mass is 79.9. The predicted octanol–water partition coefficient (Wildman–Crippen LogP) is 13.6. The molecule has 26 heteroatoms. The van der Waals surface area contributed by atoms with Crippen molar-refractivity contribution >= 4 is 123 Å². The number of nitrogens with two attached hydrogens (primary N) is 2. The average molecular weight is 1320 g/mol. The Morgan fingerprint density at radius 2 is 1.01 bits per heavy atom. The van der Waals surface area contributed by atoms with Crippen LogP contribution in [0.4, 0.5) is 38.9 Å². The first kappa shape index (κ1) is 63.6. The first-order valence-corrected chi connectivity index (χ1v) is 28.1. The Bertz CT molecular complexity index is 4460. The molecule has 89 heavy (non-hydrogen) atoms. The minimum Gasteiger partial charge on any atom is -0.477 e. The second kappa shape index (κ2) is 29.6. The molecule has 0 radical (unpaired) electrons. The molecule has 0 bridgehead atoms. The largest absolute Gasteiger partial charge is 0.477 e. The lowest BCUT2D eigenvalue weighted by molar-refractivity contribution is 0.0513. The molecule has 0 unspecified atom stereocenters. The summed E-state index contributed by atoms with van der Waals surface area (Å²) in [5, 5.41) is 53.1. The maximum Gasteiger partial charge on any atom is 0.435 e. The van der Waals surface area contributed by atoms with E-state index in [0.29, 0.717) is 34.1 Å².